The Balaban J connectivity index is 2.44. The maximum atomic E-state index is 12.6. The number of methoxy groups -OCH3 is 2. The molecular formula is C15H16F3N5O6S. The zero-order valence-electron chi connectivity index (χ0n) is 15.7. The summed E-state index contributed by atoms with van der Waals surface area (Å²) in [7, 11) is -0.887. The second-order valence-corrected chi connectivity index (χ2v) is 6.69. The summed E-state index contributed by atoms with van der Waals surface area (Å²) < 4.78 is 80.0. The Hall–Kier alpha value is -3.33. The van der Waals surface area contributed by atoms with Crippen LogP contribution in [0.4, 0.5) is 19.1 Å². The van der Waals surface area contributed by atoms with E-state index in [0.29, 0.717) is 0 Å². The molecule has 15 heteroatoms. The zero-order valence-corrected chi connectivity index (χ0v) is 16.5. The Kier molecular flexibility index (Phi) is 7.23. The third kappa shape index (κ3) is 6.35. The van der Waals surface area contributed by atoms with Crippen LogP contribution in [0, 0.1) is 0 Å². The number of nitrogens with zero attached hydrogens (tertiary/aromatic N) is 3. The average Bonchev–Trinajstić information content (AvgIpc) is 2.66. The molecule has 0 fully saturated rings. The summed E-state index contributed by atoms with van der Waals surface area (Å²) >= 11 is 0. The lowest BCUT2D eigenvalue weighted by Crippen LogP contribution is -2.31. The van der Waals surface area contributed by atoms with Crippen LogP contribution in [0.2, 0.25) is 0 Å². The van der Waals surface area contributed by atoms with Gasteiger partial charge in [0.15, 0.2) is 0 Å². The number of ether oxygens (including phenoxy) is 3. The molecule has 0 radical (unpaired) electrons. The first-order valence-corrected chi connectivity index (χ1v) is 9.25. The third-order valence-corrected chi connectivity index (χ3v) is 4.41. The van der Waals surface area contributed by atoms with E-state index in [9.17, 15) is 21.6 Å². The van der Waals surface area contributed by atoms with E-state index in [1.165, 1.54) is 32.4 Å². The number of rotatable bonds is 7. The van der Waals surface area contributed by atoms with Crippen LogP contribution in [0.5, 0.6) is 17.5 Å². The Bertz CT molecular complexity index is 994. The first-order chi connectivity index (χ1) is 14.1. The minimum Gasteiger partial charge on any atom is -0.481 e. The summed E-state index contributed by atoms with van der Waals surface area (Å²) in [6.07, 6.45) is -5.10. The minimum atomic E-state index is -5.10. The lowest BCUT2D eigenvalue weighted by atomic mass is 10.3. The molecule has 0 atom stereocenters. The molecule has 0 bridgehead atoms. The highest BCUT2D eigenvalue weighted by Crippen LogP contribution is 2.30. The number of para-hydroxylation sites is 1. The third-order valence-electron chi connectivity index (χ3n) is 3.09. The van der Waals surface area contributed by atoms with Gasteiger partial charge in [0.05, 0.1) is 27.4 Å². The van der Waals surface area contributed by atoms with E-state index in [4.69, 9.17) is 9.47 Å². The van der Waals surface area contributed by atoms with Crippen molar-refractivity contribution in [3.05, 3.63) is 30.3 Å². The van der Waals surface area contributed by atoms with Crippen LogP contribution in [0.25, 0.3) is 0 Å². The Morgan fingerprint density at radius 1 is 1.07 bits per heavy atom. The minimum absolute atomic E-state index is 0.0768. The number of guanidine groups is 1. The SMILES string of the molecule is CON/C(=N/S(=O)(=O)c1ccccc1OC(F)(F)F)Nc1nc(OC)cc(OC)n1. The van der Waals surface area contributed by atoms with Crippen molar-refractivity contribution in [1.82, 2.24) is 15.4 Å². The normalized spacial score (nSPS) is 12.3. The number of anilines is 1. The molecule has 30 heavy (non-hydrogen) atoms. The van der Waals surface area contributed by atoms with Crippen molar-refractivity contribution in [3.63, 3.8) is 0 Å². The van der Waals surface area contributed by atoms with Crippen molar-refractivity contribution in [2.75, 3.05) is 26.6 Å². The van der Waals surface area contributed by atoms with Crippen molar-refractivity contribution in [2.45, 2.75) is 11.3 Å². The number of halogens is 3. The van der Waals surface area contributed by atoms with Gasteiger partial charge in [0, 0.05) is 0 Å². The Labute approximate surface area is 168 Å². The van der Waals surface area contributed by atoms with E-state index in [2.05, 4.69) is 34.7 Å². The van der Waals surface area contributed by atoms with Gasteiger partial charge in [-0.3, -0.25) is 10.2 Å². The molecule has 2 rings (SSSR count). The van der Waals surface area contributed by atoms with Crippen molar-refractivity contribution >= 4 is 21.9 Å². The fourth-order valence-electron chi connectivity index (χ4n) is 1.98. The lowest BCUT2D eigenvalue weighted by molar-refractivity contribution is -0.275. The zero-order chi connectivity index (χ0) is 22.4. The van der Waals surface area contributed by atoms with Gasteiger partial charge in [0.2, 0.25) is 23.7 Å². The van der Waals surface area contributed by atoms with Gasteiger partial charge < -0.3 is 14.2 Å². The monoisotopic (exact) mass is 451 g/mol. The number of hydrogen-bond donors (Lipinski definition) is 2. The molecule has 0 spiro atoms. The van der Waals surface area contributed by atoms with E-state index in [0.717, 1.165) is 19.2 Å². The van der Waals surface area contributed by atoms with Gasteiger partial charge >= 0.3 is 6.36 Å². The van der Waals surface area contributed by atoms with Crippen LogP contribution in [0.15, 0.2) is 39.6 Å². The van der Waals surface area contributed by atoms with Gasteiger partial charge in [-0.2, -0.15) is 18.4 Å². The first kappa shape index (κ1) is 23.0. The van der Waals surface area contributed by atoms with Crippen LogP contribution in [-0.4, -0.2) is 52.0 Å². The molecule has 0 aliphatic heterocycles. The standard InChI is InChI=1S/C15H16F3N5O6S/c1-26-11-8-12(27-2)20-13(19-11)21-14(22-28-3)23-30(24,25)10-7-5-4-6-9(10)29-15(16,17)18/h4-8H,1-3H3,(H2,19,20,21,22,23). The highest BCUT2D eigenvalue weighted by molar-refractivity contribution is 7.90. The largest absolute Gasteiger partial charge is 0.573 e. The predicted molar refractivity (Wildman–Crippen MR) is 96.6 cm³/mol. The maximum Gasteiger partial charge on any atom is 0.573 e. The molecule has 0 saturated heterocycles. The second-order valence-electron chi connectivity index (χ2n) is 5.12. The van der Waals surface area contributed by atoms with Gasteiger partial charge in [0.1, 0.15) is 10.6 Å². The van der Waals surface area contributed by atoms with E-state index >= 15 is 0 Å². The van der Waals surface area contributed by atoms with Gasteiger partial charge in [0.25, 0.3) is 10.0 Å². The summed E-state index contributed by atoms with van der Waals surface area (Å²) in [6, 6.07) is 5.47. The van der Waals surface area contributed by atoms with Crippen LogP contribution in [0.3, 0.4) is 0 Å². The van der Waals surface area contributed by atoms with Crippen LogP contribution >= 0.6 is 0 Å². The van der Waals surface area contributed by atoms with Gasteiger partial charge in [-0.1, -0.05) is 12.1 Å². The van der Waals surface area contributed by atoms with Gasteiger partial charge in [-0.05, 0) is 12.1 Å². The smallest absolute Gasteiger partial charge is 0.481 e. The fraction of sp³-hybridized carbons (Fsp3) is 0.267. The summed E-state index contributed by atoms with van der Waals surface area (Å²) in [4.78, 5) is 11.7. The predicted octanol–water partition coefficient (Wildman–Crippen LogP) is 1.70. The summed E-state index contributed by atoms with van der Waals surface area (Å²) in [6.45, 7) is 0. The average molecular weight is 451 g/mol. The van der Waals surface area contributed by atoms with Crippen molar-refractivity contribution in [3.8, 4) is 17.5 Å². The topological polar surface area (TPSA) is 133 Å². The quantitative estimate of drug-likeness (QED) is 0.364. The van der Waals surface area contributed by atoms with E-state index in [1.54, 1.807) is 0 Å². The molecule has 0 amide bonds. The second kappa shape index (κ2) is 9.45. The summed E-state index contributed by atoms with van der Waals surface area (Å²) in [5.74, 6) is -1.57. The number of nitrogens with one attached hydrogen (secondary N) is 2. The highest BCUT2D eigenvalue weighted by atomic mass is 32.2. The van der Waals surface area contributed by atoms with Gasteiger partial charge in [-0.25, -0.2) is 5.48 Å². The number of aromatic nitrogens is 2. The lowest BCUT2D eigenvalue weighted by Gasteiger charge is -2.13. The maximum absolute atomic E-state index is 12.6. The molecule has 0 saturated carbocycles. The number of hydroxylamine groups is 1. The van der Waals surface area contributed by atoms with E-state index in [1.807, 2.05) is 0 Å². The molecule has 0 aliphatic carbocycles. The first-order valence-electron chi connectivity index (χ1n) is 7.81. The van der Waals surface area contributed by atoms with Crippen molar-refractivity contribution < 1.29 is 40.6 Å². The highest BCUT2D eigenvalue weighted by Gasteiger charge is 2.34. The summed E-state index contributed by atoms with van der Waals surface area (Å²) in [5, 5.41) is 2.41. The number of benzene rings is 1. The Morgan fingerprint density at radius 3 is 2.20 bits per heavy atom. The fourth-order valence-corrected chi connectivity index (χ4v) is 3.02. The molecular weight excluding hydrogens is 435 g/mol. The van der Waals surface area contributed by atoms with E-state index in [-0.39, 0.29) is 17.7 Å². The Morgan fingerprint density at radius 2 is 1.67 bits per heavy atom. The van der Waals surface area contributed by atoms with Crippen LogP contribution in [0.1, 0.15) is 0 Å². The number of sulfonamides is 1. The molecule has 1 aromatic carbocycles. The van der Waals surface area contributed by atoms with Crippen molar-refractivity contribution in [1.29, 1.82) is 0 Å². The van der Waals surface area contributed by atoms with Crippen molar-refractivity contribution in [2.24, 2.45) is 4.40 Å². The molecule has 2 aromatic rings. The molecule has 2 N–H and O–H groups in total. The van der Waals surface area contributed by atoms with Crippen LogP contribution in [-0.2, 0) is 14.9 Å². The number of alkyl halides is 3. The number of hydrogen-bond acceptors (Lipinski definition) is 8. The van der Waals surface area contributed by atoms with Crippen LogP contribution < -0.4 is 25.0 Å². The molecule has 1 heterocycles. The molecule has 0 aliphatic rings. The van der Waals surface area contributed by atoms with E-state index < -0.39 is 33.0 Å². The molecule has 11 nitrogen and oxygen atoms in total. The molecule has 1 aromatic heterocycles. The van der Waals surface area contributed by atoms with Gasteiger partial charge in [-0.15, -0.1) is 17.6 Å². The summed E-state index contributed by atoms with van der Waals surface area (Å²) in [5.41, 5.74) is 2.13. The molecule has 0 unspecified atom stereocenters. The molecule has 164 valence electrons.